The molecule has 0 saturated carbocycles. The van der Waals surface area contributed by atoms with Crippen LogP contribution in [0.4, 0.5) is 5.69 Å². The Bertz CT molecular complexity index is 863. The second-order valence-electron chi connectivity index (χ2n) is 6.46. The van der Waals surface area contributed by atoms with Gasteiger partial charge in [-0.05, 0) is 48.4 Å². The quantitative estimate of drug-likeness (QED) is 0.744. The summed E-state index contributed by atoms with van der Waals surface area (Å²) in [6.45, 7) is 1.11. The monoisotopic (exact) mass is 382 g/mol. The summed E-state index contributed by atoms with van der Waals surface area (Å²) < 4.78 is 9.78. The van der Waals surface area contributed by atoms with E-state index >= 15 is 0 Å². The van der Waals surface area contributed by atoms with Gasteiger partial charge in [0.05, 0.1) is 7.11 Å². The second-order valence-corrected chi connectivity index (χ2v) is 6.46. The van der Waals surface area contributed by atoms with Crippen LogP contribution in [0.3, 0.4) is 0 Å². The van der Waals surface area contributed by atoms with Crippen molar-refractivity contribution < 1.29 is 23.9 Å². The van der Waals surface area contributed by atoms with Crippen LogP contribution in [0.2, 0.25) is 0 Å². The lowest BCUT2D eigenvalue weighted by atomic mass is 10.1. The number of anilines is 1. The molecule has 2 amide bonds. The van der Waals surface area contributed by atoms with Crippen LogP contribution in [0.1, 0.15) is 28.8 Å². The smallest absolute Gasteiger partial charge is 0.343 e. The van der Waals surface area contributed by atoms with E-state index < -0.39 is 5.97 Å². The Labute approximate surface area is 163 Å². The first-order valence-corrected chi connectivity index (χ1v) is 9.03. The zero-order chi connectivity index (χ0) is 19.9. The van der Waals surface area contributed by atoms with Gasteiger partial charge in [-0.25, -0.2) is 4.79 Å². The predicted molar refractivity (Wildman–Crippen MR) is 103 cm³/mol. The molecule has 0 unspecified atom stereocenters. The fourth-order valence-corrected chi connectivity index (χ4v) is 2.94. The van der Waals surface area contributed by atoms with Crippen LogP contribution >= 0.6 is 0 Å². The van der Waals surface area contributed by atoms with Crippen molar-refractivity contribution in [2.45, 2.75) is 19.4 Å². The molecule has 2 aromatic rings. The summed E-state index contributed by atoms with van der Waals surface area (Å²) in [7, 11) is 1.29. The number of carbonyl (C=O) groups is 3. The molecule has 0 bridgehead atoms. The van der Waals surface area contributed by atoms with Gasteiger partial charge in [-0.3, -0.25) is 9.59 Å². The van der Waals surface area contributed by atoms with Gasteiger partial charge in [0, 0.05) is 30.8 Å². The first-order valence-electron chi connectivity index (χ1n) is 9.03. The summed E-state index contributed by atoms with van der Waals surface area (Å²) in [5, 5.41) is 2.82. The number of ether oxygens (including phenoxy) is 2. The number of carbonyl (C=O) groups excluding carboxylic acids is 3. The zero-order valence-electron chi connectivity index (χ0n) is 15.6. The lowest BCUT2D eigenvalue weighted by Crippen LogP contribution is -2.24. The van der Waals surface area contributed by atoms with Crippen molar-refractivity contribution in [1.82, 2.24) is 4.90 Å². The van der Waals surface area contributed by atoms with Gasteiger partial charge in [-0.1, -0.05) is 12.1 Å². The van der Waals surface area contributed by atoms with Crippen LogP contribution in [0.5, 0.6) is 5.75 Å². The maximum Gasteiger partial charge on any atom is 0.343 e. The third kappa shape index (κ3) is 5.09. The Morgan fingerprint density at radius 1 is 1.14 bits per heavy atom. The van der Waals surface area contributed by atoms with E-state index in [2.05, 4.69) is 10.1 Å². The van der Waals surface area contributed by atoms with Crippen LogP contribution < -0.4 is 10.1 Å². The minimum Gasteiger partial charge on any atom is -0.482 e. The molecule has 28 heavy (non-hydrogen) atoms. The van der Waals surface area contributed by atoms with Crippen molar-refractivity contribution in [3.05, 3.63) is 59.7 Å². The molecule has 0 aliphatic carbocycles. The Balaban J connectivity index is 1.59. The van der Waals surface area contributed by atoms with Crippen LogP contribution in [-0.4, -0.2) is 42.9 Å². The van der Waals surface area contributed by atoms with Crippen LogP contribution in [0.15, 0.2) is 48.5 Å². The molecule has 1 aliphatic rings. The summed E-state index contributed by atoms with van der Waals surface area (Å²) in [5.74, 6) is -0.0456. The highest BCUT2D eigenvalue weighted by molar-refractivity contribution is 6.04. The van der Waals surface area contributed by atoms with Crippen molar-refractivity contribution in [2.24, 2.45) is 0 Å². The summed E-state index contributed by atoms with van der Waals surface area (Å²) in [6.07, 6.45) is 1.48. The van der Waals surface area contributed by atoms with Gasteiger partial charge < -0.3 is 19.7 Å². The highest BCUT2D eigenvalue weighted by Crippen LogP contribution is 2.18. The highest BCUT2D eigenvalue weighted by Gasteiger charge is 2.20. The minimum absolute atomic E-state index is 0.157. The molecule has 0 aromatic heterocycles. The van der Waals surface area contributed by atoms with E-state index in [-0.39, 0.29) is 18.4 Å². The topological polar surface area (TPSA) is 84.9 Å². The van der Waals surface area contributed by atoms with Crippen molar-refractivity contribution >= 4 is 23.5 Å². The van der Waals surface area contributed by atoms with E-state index in [0.29, 0.717) is 30.0 Å². The first-order chi connectivity index (χ1) is 13.5. The number of esters is 1. The third-order valence-corrected chi connectivity index (χ3v) is 4.43. The molecule has 1 aliphatic heterocycles. The number of likely N-dealkylation sites (tertiary alicyclic amines) is 1. The average molecular weight is 382 g/mol. The number of hydrogen-bond acceptors (Lipinski definition) is 5. The number of hydrogen-bond donors (Lipinski definition) is 1. The Morgan fingerprint density at radius 2 is 1.93 bits per heavy atom. The summed E-state index contributed by atoms with van der Waals surface area (Å²) in [6, 6.07) is 14.0. The van der Waals surface area contributed by atoms with Gasteiger partial charge in [0.25, 0.3) is 5.91 Å². The summed E-state index contributed by atoms with van der Waals surface area (Å²) in [4.78, 5) is 37.2. The van der Waals surface area contributed by atoms with Crippen molar-refractivity contribution in [3.8, 4) is 5.75 Å². The van der Waals surface area contributed by atoms with Crippen molar-refractivity contribution in [1.29, 1.82) is 0 Å². The van der Waals surface area contributed by atoms with Crippen molar-refractivity contribution in [3.63, 3.8) is 0 Å². The largest absolute Gasteiger partial charge is 0.482 e. The molecular weight excluding hydrogens is 360 g/mol. The van der Waals surface area contributed by atoms with Gasteiger partial charge >= 0.3 is 5.97 Å². The SMILES string of the molecule is COC(=O)COc1ccc(NC(=O)c2cccc(CN3CCCC3=O)c2)cc1. The predicted octanol–water partition coefficient (Wildman–Crippen LogP) is 2.61. The zero-order valence-corrected chi connectivity index (χ0v) is 15.6. The second kappa shape index (κ2) is 9.03. The molecule has 0 spiro atoms. The molecule has 7 heteroatoms. The van der Waals surface area contributed by atoms with E-state index in [1.165, 1.54) is 7.11 Å². The standard InChI is InChI=1S/C21H22N2O5/c1-27-20(25)14-28-18-9-7-17(8-10-18)22-21(26)16-5-2-4-15(12-16)13-23-11-3-6-19(23)24/h2,4-5,7-10,12H,3,6,11,13-14H2,1H3,(H,22,26). The maximum absolute atomic E-state index is 12.5. The van der Waals surface area contributed by atoms with E-state index in [4.69, 9.17) is 4.74 Å². The molecule has 0 atom stereocenters. The molecule has 146 valence electrons. The Kier molecular flexibility index (Phi) is 6.26. The normalized spacial score (nSPS) is 13.3. The van der Waals surface area contributed by atoms with E-state index in [9.17, 15) is 14.4 Å². The molecule has 1 N–H and O–H groups in total. The lowest BCUT2D eigenvalue weighted by Gasteiger charge is -2.16. The van der Waals surface area contributed by atoms with Gasteiger partial charge in [0.1, 0.15) is 5.75 Å². The lowest BCUT2D eigenvalue weighted by molar-refractivity contribution is -0.142. The van der Waals surface area contributed by atoms with Crippen molar-refractivity contribution in [2.75, 3.05) is 25.6 Å². The minimum atomic E-state index is -0.465. The van der Waals surface area contributed by atoms with Gasteiger partial charge in [-0.15, -0.1) is 0 Å². The van der Waals surface area contributed by atoms with E-state index in [1.807, 2.05) is 17.0 Å². The molecule has 7 nitrogen and oxygen atoms in total. The van der Waals surface area contributed by atoms with E-state index in [0.717, 1.165) is 18.5 Å². The molecule has 0 radical (unpaired) electrons. The summed E-state index contributed by atoms with van der Waals surface area (Å²) >= 11 is 0. The number of nitrogens with one attached hydrogen (secondary N) is 1. The fraction of sp³-hybridized carbons (Fsp3) is 0.286. The number of rotatable bonds is 7. The number of amides is 2. The molecular formula is C21H22N2O5. The van der Waals surface area contributed by atoms with Crippen LogP contribution in [0, 0.1) is 0 Å². The molecule has 1 saturated heterocycles. The first kappa shape index (κ1) is 19.4. The number of nitrogens with zero attached hydrogens (tertiary/aromatic N) is 1. The number of benzene rings is 2. The fourth-order valence-electron chi connectivity index (χ4n) is 2.94. The highest BCUT2D eigenvalue weighted by atomic mass is 16.6. The van der Waals surface area contributed by atoms with Gasteiger partial charge in [-0.2, -0.15) is 0 Å². The number of methoxy groups -OCH3 is 1. The Hall–Kier alpha value is -3.35. The molecule has 1 heterocycles. The van der Waals surface area contributed by atoms with Gasteiger partial charge in [0.15, 0.2) is 6.61 Å². The molecule has 3 rings (SSSR count). The average Bonchev–Trinajstić information content (AvgIpc) is 3.11. The maximum atomic E-state index is 12.5. The van der Waals surface area contributed by atoms with Gasteiger partial charge in [0.2, 0.25) is 5.91 Å². The van der Waals surface area contributed by atoms with E-state index in [1.54, 1.807) is 36.4 Å². The molecule has 2 aromatic carbocycles. The third-order valence-electron chi connectivity index (χ3n) is 4.43. The molecule has 1 fully saturated rings. The van der Waals surface area contributed by atoms with Crippen LogP contribution in [0.25, 0.3) is 0 Å². The summed E-state index contributed by atoms with van der Waals surface area (Å²) in [5.41, 5.74) is 2.06. The van der Waals surface area contributed by atoms with Crippen LogP contribution in [-0.2, 0) is 20.9 Å². The Morgan fingerprint density at radius 3 is 2.61 bits per heavy atom.